The molecule has 0 aliphatic rings. The van der Waals surface area contributed by atoms with Crippen molar-refractivity contribution in [3.05, 3.63) is 70.9 Å². The highest BCUT2D eigenvalue weighted by atomic mass is 19.4. The van der Waals surface area contributed by atoms with Crippen LogP contribution in [-0.4, -0.2) is 30.8 Å². The number of alkyl halides is 3. The predicted octanol–water partition coefficient (Wildman–Crippen LogP) is 3.81. The van der Waals surface area contributed by atoms with Crippen molar-refractivity contribution in [2.75, 3.05) is 11.1 Å². The van der Waals surface area contributed by atoms with Gasteiger partial charge in [-0.05, 0) is 42.8 Å². The SMILES string of the molecule is Cc1nn(-c2ccc(NC(=O)C(O)c3cc(F)cc(C(F)(F)F)c3)c(F)c2F)c2c(N)ncnc12. The first-order valence-corrected chi connectivity index (χ1v) is 9.69. The Morgan fingerprint density at radius 3 is 2.51 bits per heavy atom. The lowest BCUT2D eigenvalue weighted by Gasteiger charge is -2.15. The Labute approximate surface area is 192 Å². The van der Waals surface area contributed by atoms with Gasteiger partial charge in [-0.1, -0.05) is 0 Å². The highest BCUT2D eigenvalue weighted by molar-refractivity contribution is 5.95. The number of aryl methyl sites for hydroxylation is 1. The molecule has 0 saturated heterocycles. The highest BCUT2D eigenvalue weighted by Crippen LogP contribution is 2.33. The molecule has 0 aliphatic carbocycles. The first kappa shape index (κ1) is 23.9. The topological polar surface area (TPSA) is 119 Å². The molecule has 4 N–H and O–H groups in total. The van der Waals surface area contributed by atoms with Gasteiger partial charge in [0.25, 0.3) is 5.91 Å². The van der Waals surface area contributed by atoms with Crippen LogP contribution in [0, 0.1) is 24.4 Å². The van der Waals surface area contributed by atoms with Gasteiger partial charge < -0.3 is 16.2 Å². The molecule has 2 aromatic heterocycles. The van der Waals surface area contributed by atoms with E-state index in [0.29, 0.717) is 23.3 Å². The number of hydrogen-bond donors (Lipinski definition) is 3. The summed E-state index contributed by atoms with van der Waals surface area (Å²) in [4.78, 5) is 20.1. The minimum atomic E-state index is -4.94. The minimum absolute atomic E-state index is 0.0516. The summed E-state index contributed by atoms with van der Waals surface area (Å²) in [5.41, 5.74) is 3.27. The Hall–Kier alpha value is -4.20. The predicted molar refractivity (Wildman–Crippen MR) is 111 cm³/mol. The third-order valence-electron chi connectivity index (χ3n) is 5.01. The van der Waals surface area contributed by atoms with E-state index in [0.717, 1.165) is 16.8 Å². The summed E-state index contributed by atoms with van der Waals surface area (Å²) in [5.74, 6) is -5.85. The first-order valence-electron chi connectivity index (χ1n) is 9.69. The molecule has 1 amide bonds. The van der Waals surface area contributed by atoms with E-state index in [2.05, 4.69) is 15.1 Å². The molecule has 14 heteroatoms. The second-order valence-electron chi connectivity index (χ2n) is 7.38. The highest BCUT2D eigenvalue weighted by Gasteiger charge is 2.33. The van der Waals surface area contributed by atoms with Crippen LogP contribution in [0.3, 0.4) is 0 Å². The molecule has 8 nitrogen and oxygen atoms in total. The van der Waals surface area contributed by atoms with Crippen LogP contribution in [0.2, 0.25) is 0 Å². The molecule has 35 heavy (non-hydrogen) atoms. The number of nitrogens with two attached hydrogens (primary N) is 1. The van der Waals surface area contributed by atoms with Crippen molar-refractivity contribution in [1.29, 1.82) is 0 Å². The molecular formula is C21H14F6N6O2. The molecule has 2 heterocycles. The number of nitrogen functional groups attached to an aromatic ring is 1. The number of carbonyl (C=O) groups is 1. The third kappa shape index (κ3) is 4.35. The zero-order chi connectivity index (χ0) is 25.7. The number of anilines is 2. The molecule has 1 atom stereocenters. The Kier molecular flexibility index (Phi) is 5.84. The summed E-state index contributed by atoms with van der Waals surface area (Å²) in [7, 11) is 0. The van der Waals surface area contributed by atoms with Crippen molar-refractivity contribution in [3.8, 4) is 5.69 Å². The van der Waals surface area contributed by atoms with Crippen molar-refractivity contribution < 1.29 is 36.2 Å². The molecule has 0 bridgehead atoms. The van der Waals surface area contributed by atoms with Crippen LogP contribution in [0.15, 0.2) is 36.7 Å². The summed E-state index contributed by atoms with van der Waals surface area (Å²) in [6.07, 6.45) is -6.08. The van der Waals surface area contributed by atoms with E-state index in [1.54, 1.807) is 6.92 Å². The van der Waals surface area contributed by atoms with Crippen LogP contribution in [-0.2, 0) is 11.0 Å². The Morgan fingerprint density at radius 1 is 1.11 bits per heavy atom. The zero-order valence-electron chi connectivity index (χ0n) is 17.5. The van der Waals surface area contributed by atoms with Crippen LogP contribution in [0.25, 0.3) is 16.7 Å². The van der Waals surface area contributed by atoms with Gasteiger partial charge >= 0.3 is 6.18 Å². The van der Waals surface area contributed by atoms with E-state index in [9.17, 15) is 36.2 Å². The van der Waals surface area contributed by atoms with Gasteiger partial charge in [0.1, 0.15) is 28.9 Å². The van der Waals surface area contributed by atoms with E-state index in [1.165, 1.54) is 6.33 Å². The molecule has 2 aromatic carbocycles. The lowest BCUT2D eigenvalue weighted by molar-refractivity contribution is -0.138. The van der Waals surface area contributed by atoms with E-state index in [-0.39, 0.29) is 17.4 Å². The number of amides is 1. The van der Waals surface area contributed by atoms with E-state index < -0.39 is 58.1 Å². The number of rotatable bonds is 4. The lowest BCUT2D eigenvalue weighted by Crippen LogP contribution is -2.22. The molecule has 0 saturated carbocycles. The van der Waals surface area contributed by atoms with Crippen LogP contribution in [0.1, 0.15) is 22.9 Å². The van der Waals surface area contributed by atoms with Crippen molar-refractivity contribution >= 4 is 28.4 Å². The molecule has 1 unspecified atom stereocenters. The van der Waals surface area contributed by atoms with E-state index in [1.807, 2.05) is 5.32 Å². The smallest absolute Gasteiger partial charge is 0.382 e. The Bertz CT molecular complexity index is 1470. The van der Waals surface area contributed by atoms with Gasteiger partial charge in [-0.3, -0.25) is 4.79 Å². The largest absolute Gasteiger partial charge is 0.416 e. The van der Waals surface area contributed by atoms with Gasteiger partial charge in [0.2, 0.25) is 0 Å². The van der Waals surface area contributed by atoms with Gasteiger partial charge in [0, 0.05) is 0 Å². The average Bonchev–Trinajstić information content (AvgIpc) is 3.13. The number of carbonyl (C=O) groups excluding carboxylic acids is 1. The normalized spacial score (nSPS) is 12.7. The van der Waals surface area contributed by atoms with Crippen LogP contribution >= 0.6 is 0 Å². The fraction of sp³-hybridized carbons (Fsp3) is 0.143. The molecule has 0 fully saturated rings. The number of aromatic nitrogens is 4. The summed E-state index contributed by atoms with van der Waals surface area (Å²) in [6, 6.07) is 3.04. The number of benzene rings is 2. The van der Waals surface area contributed by atoms with Crippen LogP contribution in [0.5, 0.6) is 0 Å². The third-order valence-corrected chi connectivity index (χ3v) is 5.01. The van der Waals surface area contributed by atoms with Gasteiger partial charge in [-0.15, -0.1) is 0 Å². The molecule has 182 valence electrons. The molecular weight excluding hydrogens is 482 g/mol. The summed E-state index contributed by atoms with van der Waals surface area (Å²) < 4.78 is 83.0. The lowest BCUT2D eigenvalue weighted by atomic mass is 10.0. The molecule has 0 radical (unpaired) electrons. The van der Waals surface area contributed by atoms with Gasteiger partial charge in [0.15, 0.2) is 23.6 Å². The van der Waals surface area contributed by atoms with E-state index >= 15 is 0 Å². The second-order valence-corrected chi connectivity index (χ2v) is 7.38. The van der Waals surface area contributed by atoms with Gasteiger partial charge in [-0.25, -0.2) is 27.8 Å². The van der Waals surface area contributed by atoms with Crippen molar-refractivity contribution in [1.82, 2.24) is 19.7 Å². The van der Waals surface area contributed by atoms with Gasteiger partial charge in [0.05, 0.1) is 16.9 Å². The zero-order valence-corrected chi connectivity index (χ0v) is 17.5. The monoisotopic (exact) mass is 496 g/mol. The molecule has 0 aliphatic heterocycles. The quantitative estimate of drug-likeness (QED) is 0.370. The van der Waals surface area contributed by atoms with Crippen LogP contribution in [0.4, 0.5) is 37.8 Å². The first-order chi connectivity index (χ1) is 16.4. The number of nitrogens with zero attached hydrogens (tertiary/aromatic N) is 4. The van der Waals surface area contributed by atoms with Crippen LogP contribution < -0.4 is 11.1 Å². The summed E-state index contributed by atoms with van der Waals surface area (Å²) in [5, 5.41) is 16.1. The Balaban J connectivity index is 1.66. The number of fused-ring (bicyclic) bond motifs is 1. The number of nitrogens with one attached hydrogen (secondary N) is 1. The number of halogens is 6. The fourth-order valence-electron chi connectivity index (χ4n) is 3.37. The molecule has 4 rings (SSSR count). The standard InChI is InChI=1S/C21H14F6N6O2/c1-8-16-17(19(28)30-7-29-16)33(32-8)13-3-2-12(14(23)15(13)24)31-20(35)18(34)9-4-10(21(25,26)27)6-11(22)5-9/h2-7,18,34H,1H3,(H,31,35)(H2,28,29,30). The summed E-state index contributed by atoms with van der Waals surface area (Å²) in [6.45, 7) is 1.56. The maximum Gasteiger partial charge on any atom is 0.416 e. The molecule has 0 spiro atoms. The van der Waals surface area contributed by atoms with Gasteiger partial charge in [-0.2, -0.15) is 18.3 Å². The molecule has 4 aromatic rings. The van der Waals surface area contributed by atoms with Crippen molar-refractivity contribution in [3.63, 3.8) is 0 Å². The van der Waals surface area contributed by atoms with Crippen molar-refractivity contribution in [2.45, 2.75) is 19.2 Å². The number of aliphatic hydroxyl groups excluding tert-OH is 1. The Morgan fingerprint density at radius 2 is 1.83 bits per heavy atom. The van der Waals surface area contributed by atoms with E-state index in [4.69, 9.17) is 5.73 Å². The number of hydrogen-bond acceptors (Lipinski definition) is 6. The maximum atomic E-state index is 14.9. The summed E-state index contributed by atoms with van der Waals surface area (Å²) >= 11 is 0. The fourth-order valence-corrected chi connectivity index (χ4v) is 3.37. The maximum absolute atomic E-state index is 14.9. The minimum Gasteiger partial charge on any atom is -0.382 e. The number of aliphatic hydroxyl groups is 1. The second kappa shape index (κ2) is 8.54. The van der Waals surface area contributed by atoms with Crippen molar-refractivity contribution in [2.24, 2.45) is 0 Å². The average molecular weight is 496 g/mol.